The molecule has 2 N–H and O–H groups in total. The van der Waals surface area contributed by atoms with E-state index in [1.807, 2.05) is 18.4 Å². The Morgan fingerprint density at radius 3 is 2.87 bits per heavy atom. The Kier molecular flexibility index (Phi) is 4.23. The molecule has 0 spiro atoms. The van der Waals surface area contributed by atoms with E-state index in [2.05, 4.69) is 22.4 Å². The van der Waals surface area contributed by atoms with Crippen molar-refractivity contribution >= 4 is 0 Å². The van der Waals surface area contributed by atoms with Gasteiger partial charge in [-0.1, -0.05) is 0 Å². The molecule has 0 atom stereocenters. The van der Waals surface area contributed by atoms with Crippen LogP contribution in [-0.4, -0.2) is 32.0 Å². The Balaban J connectivity index is 2.26. The van der Waals surface area contributed by atoms with Crippen LogP contribution >= 0.6 is 0 Å². The maximum atomic E-state index is 9.50. The lowest BCUT2D eigenvalue weighted by atomic mass is 10.1. The van der Waals surface area contributed by atoms with Gasteiger partial charge in [-0.3, -0.25) is 0 Å². The summed E-state index contributed by atoms with van der Waals surface area (Å²) >= 11 is 0. The molecule has 0 bridgehead atoms. The van der Waals surface area contributed by atoms with Crippen molar-refractivity contribution < 1.29 is 5.11 Å². The normalized spacial score (nSPS) is 12.0. The van der Waals surface area contributed by atoms with E-state index >= 15 is 0 Å². The van der Waals surface area contributed by atoms with E-state index in [0.717, 1.165) is 25.3 Å². The third-order valence-electron chi connectivity index (χ3n) is 2.23. The number of rotatable bonds is 6. The summed E-state index contributed by atoms with van der Waals surface area (Å²) in [5, 5.41) is 20.6. The predicted octanol–water partition coefficient (Wildman–Crippen LogP) is 0.549. The van der Waals surface area contributed by atoms with E-state index < -0.39 is 5.60 Å². The standard InChI is InChI=1S/C10H20N4O/c1-4-14-8-12-13-9(14)7-11-6-5-10(2,3)15/h8,11,15H,4-7H2,1-3H3. The van der Waals surface area contributed by atoms with Gasteiger partial charge in [0.15, 0.2) is 0 Å². The lowest BCUT2D eigenvalue weighted by molar-refractivity contribution is 0.0710. The van der Waals surface area contributed by atoms with Gasteiger partial charge in [0.05, 0.1) is 12.1 Å². The second kappa shape index (κ2) is 5.23. The van der Waals surface area contributed by atoms with Gasteiger partial charge in [-0.05, 0) is 33.7 Å². The number of aryl methyl sites for hydroxylation is 1. The van der Waals surface area contributed by atoms with E-state index in [0.29, 0.717) is 6.54 Å². The average Bonchev–Trinajstić information content (AvgIpc) is 2.58. The molecule has 0 radical (unpaired) electrons. The zero-order valence-electron chi connectivity index (χ0n) is 9.69. The maximum Gasteiger partial charge on any atom is 0.146 e. The van der Waals surface area contributed by atoms with Crippen molar-refractivity contribution in [3.8, 4) is 0 Å². The van der Waals surface area contributed by atoms with E-state index in [1.54, 1.807) is 6.33 Å². The molecule has 0 unspecified atom stereocenters. The molecule has 0 saturated heterocycles. The molecule has 1 aromatic heterocycles. The molecule has 0 amide bonds. The van der Waals surface area contributed by atoms with Crippen LogP contribution in [0, 0.1) is 0 Å². The fourth-order valence-corrected chi connectivity index (χ4v) is 1.27. The van der Waals surface area contributed by atoms with Crippen molar-refractivity contribution in [2.75, 3.05) is 6.54 Å². The molecule has 0 fully saturated rings. The summed E-state index contributed by atoms with van der Waals surface area (Å²) in [4.78, 5) is 0. The van der Waals surface area contributed by atoms with Crippen LogP contribution in [0.4, 0.5) is 0 Å². The number of aromatic nitrogens is 3. The van der Waals surface area contributed by atoms with Gasteiger partial charge in [-0.25, -0.2) is 0 Å². The highest BCUT2D eigenvalue weighted by Crippen LogP contribution is 2.05. The minimum atomic E-state index is -0.606. The van der Waals surface area contributed by atoms with Gasteiger partial charge < -0.3 is 15.0 Å². The van der Waals surface area contributed by atoms with Crippen molar-refractivity contribution in [3.63, 3.8) is 0 Å². The number of hydrogen-bond donors (Lipinski definition) is 2. The van der Waals surface area contributed by atoms with Gasteiger partial charge in [0.25, 0.3) is 0 Å². The first kappa shape index (κ1) is 12.1. The van der Waals surface area contributed by atoms with Crippen LogP contribution in [0.5, 0.6) is 0 Å². The first-order chi connectivity index (χ1) is 7.03. The van der Waals surface area contributed by atoms with Gasteiger partial charge in [-0.2, -0.15) is 0 Å². The predicted molar refractivity (Wildman–Crippen MR) is 58.3 cm³/mol. The molecular weight excluding hydrogens is 192 g/mol. The topological polar surface area (TPSA) is 63.0 Å². The second-order valence-corrected chi connectivity index (χ2v) is 4.27. The third-order valence-corrected chi connectivity index (χ3v) is 2.23. The van der Waals surface area contributed by atoms with Crippen molar-refractivity contribution in [1.29, 1.82) is 0 Å². The molecule has 0 aliphatic carbocycles. The fourth-order valence-electron chi connectivity index (χ4n) is 1.27. The lowest BCUT2D eigenvalue weighted by Crippen LogP contribution is -2.27. The van der Waals surface area contributed by atoms with Crippen LogP contribution < -0.4 is 5.32 Å². The molecule has 0 aromatic carbocycles. The highest BCUT2D eigenvalue weighted by molar-refractivity contribution is 4.84. The highest BCUT2D eigenvalue weighted by atomic mass is 16.3. The second-order valence-electron chi connectivity index (χ2n) is 4.27. The van der Waals surface area contributed by atoms with Crippen LogP contribution in [0.15, 0.2) is 6.33 Å². The van der Waals surface area contributed by atoms with Gasteiger partial charge in [-0.15, -0.1) is 10.2 Å². The monoisotopic (exact) mass is 212 g/mol. The molecule has 0 aliphatic rings. The Hall–Kier alpha value is -0.940. The molecule has 0 aliphatic heterocycles. The summed E-state index contributed by atoms with van der Waals surface area (Å²) in [6.45, 7) is 8.04. The van der Waals surface area contributed by atoms with Crippen molar-refractivity contribution in [2.45, 2.75) is 45.9 Å². The Morgan fingerprint density at radius 2 is 2.27 bits per heavy atom. The van der Waals surface area contributed by atoms with Crippen molar-refractivity contribution in [2.24, 2.45) is 0 Å². The molecule has 1 rings (SSSR count). The zero-order chi connectivity index (χ0) is 11.3. The third kappa shape index (κ3) is 4.40. The summed E-state index contributed by atoms with van der Waals surface area (Å²) in [5.74, 6) is 0.938. The molecule has 5 nitrogen and oxygen atoms in total. The van der Waals surface area contributed by atoms with Crippen LogP contribution in [0.3, 0.4) is 0 Å². The lowest BCUT2D eigenvalue weighted by Gasteiger charge is -2.16. The fraction of sp³-hybridized carbons (Fsp3) is 0.800. The smallest absolute Gasteiger partial charge is 0.146 e. The Labute approximate surface area is 90.5 Å². The van der Waals surface area contributed by atoms with E-state index in [9.17, 15) is 5.11 Å². The molecule has 0 saturated carbocycles. The summed E-state index contributed by atoms with van der Waals surface area (Å²) in [6.07, 6.45) is 2.46. The molecule has 5 heteroatoms. The van der Waals surface area contributed by atoms with Crippen LogP contribution in [0.2, 0.25) is 0 Å². The minimum Gasteiger partial charge on any atom is -0.390 e. The summed E-state index contributed by atoms with van der Waals surface area (Å²) in [7, 11) is 0. The van der Waals surface area contributed by atoms with Gasteiger partial charge >= 0.3 is 0 Å². The van der Waals surface area contributed by atoms with Crippen LogP contribution in [0.25, 0.3) is 0 Å². The Morgan fingerprint density at radius 1 is 1.53 bits per heavy atom. The molecule has 86 valence electrons. The first-order valence-corrected chi connectivity index (χ1v) is 5.32. The maximum absolute atomic E-state index is 9.50. The summed E-state index contributed by atoms with van der Waals surface area (Å²) < 4.78 is 2.00. The van der Waals surface area contributed by atoms with Gasteiger partial charge in [0.1, 0.15) is 12.2 Å². The first-order valence-electron chi connectivity index (χ1n) is 5.32. The molecular formula is C10H20N4O. The molecule has 1 heterocycles. The zero-order valence-corrected chi connectivity index (χ0v) is 9.69. The number of hydrogen-bond acceptors (Lipinski definition) is 4. The Bertz CT molecular complexity index is 290. The van der Waals surface area contributed by atoms with Gasteiger partial charge in [0.2, 0.25) is 0 Å². The highest BCUT2D eigenvalue weighted by Gasteiger charge is 2.11. The number of aliphatic hydroxyl groups is 1. The quantitative estimate of drug-likeness (QED) is 0.676. The SMILES string of the molecule is CCn1cnnc1CNCCC(C)(C)O. The van der Waals surface area contributed by atoms with E-state index in [4.69, 9.17) is 0 Å². The average molecular weight is 212 g/mol. The summed E-state index contributed by atoms with van der Waals surface area (Å²) in [5.41, 5.74) is -0.606. The van der Waals surface area contributed by atoms with Crippen LogP contribution in [0.1, 0.15) is 33.0 Å². The minimum absolute atomic E-state index is 0.606. The van der Waals surface area contributed by atoms with Gasteiger partial charge in [0, 0.05) is 6.54 Å². The van der Waals surface area contributed by atoms with E-state index in [-0.39, 0.29) is 0 Å². The van der Waals surface area contributed by atoms with E-state index in [1.165, 1.54) is 0 Å². The van der Waals surface area contributed by atoms with Crippen LogP contribution in [-0.2, 0) is 13.1 Å². The van der Waals surface area contributed by atoms with Crippen molar-refractivity contribution in [3.05, 3.63) is 12.2 Å². The number of nitrogens with one attached hydrogen (secondary N) is 1. The number of nitrogens with zero attached hydrogens (tertiary/aromatic N) is 3. The largest absolute Gasteiger partial charge is 0.390 e. The van der Waals surface area contributed by atoms with Crippen molar-refractivity contribution in [1.82, 2.24) is 20.1 Å². The molecule has 15 heavy (non-hydrogen) atoms. The molecule has 1 aromatic rings. The summed E-state index contributed by atoms with van der Waals surface area (Å²) in [6, 6.07) is 0.